The van der Waals surface area contributed by atoms with Crippen LogP contribution in [0.4, 0.5) is 32.0 Å². The fourth-order valence-corrected chi connectivity index (χ4v) is 2.31. The number of carbonyl (C=O) groups is 2. The molecule has 0 radical (unpaired) electrons. The number of halogens is 6. The summed E-state index contributed by atoms with van der Waals surface area (Å²) in [6, 6.07) is 0.823. The maximum atomic E-state index is 12.7. The van der Waals surface area contributed by atoms with Crippen molar-refractivity contribution in [3.8, 4) is 0 Å². The Morgan fingerprint density at radius 1 is 1.08 bits per heavy atom. The van der Waals surface area contributed by atoms with Gasteiger partial charge in [0.15, 0.2) is 0 Å². The number of anilines is 1. The Kier molecular flexibility index (Phi) is 4.51. The molecule has 1 atom stereocenters. The molecule has 132 valence electrons. The third kappa shape index (κ3) is 3.98. The Labute approximate surface area is 132 Å². The number of nitrogens with one attached hydrogen (secondary N) is 1. The van der Waals surface area contributed by atoms with E-state index in [1.54, 1.807) is 0 Å². The van der Waals surface area contributed by atoms with Crippen molar-refractivity contribution >= 4 is 17.5 Å². The van der Waals surface area contributed by atoms with E-state index < -0.39 is 41.0 Å². The van der Waals surface area contributed by atoms with Gasteiger partial charge in [0.05, 0.1) is 17.0 Å². The van der Waals surface area contributed by atoms with Crippen LogP contribution in [0.2, 0.25) is 0 Å². The second kappa shape index (κ2) is 5.99. The van der Waals surface area contributed by atoms with Crippen molar-refractivity contribution in [1.82, 2.24) is 4.90 Å². The van der Waals surface area contributed by atoms with E-state index in [9.17, 15) is 35.9 Å². The van der Waals surface area contributed by atoms with Crippen LogP contribution in [0, 0.1) is 5.92 Å². The second-order valence-electron chi connectivity index (χ2n) is 5.46. The third-order valence-corrected chi connectivity index (χ3v) is 3.57. The number of carbonyl (C=O) groups excluding carboxylic acids is 2. The van der Waals surface area contributed by atoms with E-state index in [-0.39, 0.29) is 24.9 Å². The zero-order valence-electron chi connectivity index (χ0n) is 12.3. The largest absolute Gasteiger partial charge is 0.416 e. The summed E-state index contributed by atoms with van der Waals surface area (Å²) in [6.07, 6.45) is -10.1. The lowest BCUT2D eigenvalue weighted by Crippen LogP contribution is -2.26. The minimum atomic E-state index is -5.00. The third-order valence-electron chi connectivity index (χ3n) is 3.57. The Morgan fingerprint density at radius 3 is 1.96 bits per heavy atom. The number of hydrogen-bond acceptors (Lipinski definition) is 2. The van der Waals surface area contributed by atoms with E-state index in [0.717, 1.165) is 0 Å². The van der Waals surface area contributed by atoms with Crippen molar-refractivity contribution in [1.29, 1.82) is 0 Å². The Balaban J connectivity index is 2.29. The Hall–Kier alpha value is -2.26. The van der Waals surface area contributed by atoms with Crippen molar-refractivity contribution in [3.63, 3.8) is 0 Å². The van der Waals surface area contributed by atoms with Gasteiger partial charge < -0.3 is 10.2 Å². The van der Waals surface area contributed by atoms with Crippen molar-refractivity contribution in [3.05, 3.63) is 29.3 Å². The fraction of sp³-hybridized carbons (Fsp3) is 0.429. The average Bonchev–Trinajstić information content (AvgIpc) is 2.76. The quantitative estimate of drug-likeness (QED) is 0.830. The molecule has 24 heavy (non-hydrogen) atoms. The van der Waals surface area contributed by atoms with Crippen LogP contribution in [0.15, 0.2) is 18.2 Å². The highest BCUT2D eigenvalue weighted by molar-refractivity contribution is 5.97. The molecule has 2 rings (SSSR count). The van der Waals surface area contributed by atoms with Crippen LogP contribution in [0.25, 0.3) is 0 Å². The average molecular weight is 354 g/mol. The highest BCUT2D eigenvalue weighted by atomic mass is 19.4. The summed E-state index contributed by atoms with van der Waals surface area (Å²) in [6.45, 7) is 0.0513. The summed E-state index contributed by atoms with van der Waals surface area (Å²) in [7, 11) is 1.45. The van der Waals surface area contributed by atoms with Crippen LogP contribution in [0.3, 0.4) is 0 Å². The lowest BCUT2D eigenvalue weighted by molar-refractivity contribution is -0.143. The van der Waals surface area contributed by atoms with E-state index in [0.29, 0.717) is 12.1 Å². The lowest BCUT2D eigenvalue weighted by atomic mass is 10.1. The van der Waals surface area contributed by atoms with Gasteiger partial charge in [-0.15, -0.1) is 0 Å². The number of benzene rings is 1. The number of rotatable bonds is 2. The van der Waals surface area contributed by atoms with Crippen molar-refractivity contribution in [2.24, 2.45) is 5.92 Å². The smallest absolute Gasteiger partial charge is 0.345 e. The summed E-state index contributed by atoms with van der Waals surface area (Å²) < 4.78 is 76.5. The predicted octanol–water partition coefficient (Wildman–Crippen LogP) is 3.14. The summed E-state index contributed by atoms with van der Waals surface area (Å²) in [5.41, 5.74) is -3.66. The molecular weight excluding hydrogens is 342 g/mol. The lowest BCUT2D eigenvalue weighted by Gasteiger charge is -2.16. The Bertz CT molecular complexity index is 636. The maximum absolute atomic E-state index is 12.7. The Morgan fingerprint density at radius 2 is 1.58 bits per heavy atom. The molecule has 1 aliphatic heterocycles. The van der Waals surface area contributed by atoms with Gasteiger partial charge in [0.1, 0.15) is 0 Å². The maximum Gasteiger partial charge on any atom is 0.416 e. The molecule has 1 aliphatic rings. The normalized spacial score (nSPS) is 18.9. The molecule has 2 amide bonds. The van der Waals surface area contributed by atoms with Crippen LogP contribution in [-0.2, 0) is 21.9 Å². The molecular formula is C14H12F6N2O2. The molecule has 1 N–H and O–H groups in total. The van der Waals surface area contributed by atoms with Gasteiger partial charge >= 0.3 is 12.4 Å². The number of likely N-dealkylation sites (tertiary alicyclic amines) is 1. The van der Waals surface area contributed by atoms with Crippen molar-refractivity contribution in [2.75, 3.05) is 18.9 Å². The van der Waals surface area contributed by atoms with E-state index in [1.807, 2.05) is 5.32 Å². The SMILES string of the molecule is CN1CC(C(=O)Nc2cc(C(F)(F)F)cc(C(F)(F)F)c2)CC1=O. The molecule has 0 spiro atoms. The van der Waals surface area contributed by atoms with Crippen LogP contribution >= 0.6 is 0 Å². The van der Waals surface area contributed by atoms with Crippen molar-refractivity contribution in [2.45, 2.75) is 18.8 Å². The van der Waals surface area contributed by atoms with Gasteiger partial charge in [-0.25, -0.2) is 0 Å². The molecule has 0 bridgehead atoms. The van der Waals surface area contributed by atoms with E-state index in [1.165, 1.54) is 11.9 Å². The molecule has 0 saturated carbocycles. The minimum Gasteiger partial charge on any atom is -0.345 e. The first kappa shape index (κ1) is 18.1. The minimum absolute atomic E-state index is 0.0253. The standard InChI is InChI=1S/C14H12F6N2O2/c1-22-6-7(2-11(22)23)12(24)21-10-4-8(13(15,16)17)3-9(5-10)14(18,19)20/h3-5,7H,2,6H2,1H3,(H,21,24). The second-order valence-corrected chi connectivity index (χ2v) is 5.46. The van der Waals surface area contributed by atoms with Gasteiger partial charge in [0.25, 0.3) is 0 Å². The van der Waals surface area contributed by atoms with E-state index >= 15 is 0 Å². The molecule has 0 aliphatic carbocycles. The monoisotopic (exact) mass is 354 g/mol. The van der Waals surface area contributed by atoms with Gasteiger partial charge in [-0.3, -0.25) is 9.59 Å². The van der Waals surface area contributed by atoms with Crippen LogP contribution < -0.4 is 5.32 Å². The highest BCUT2D eigenvalue weighted by Gasteiger charge is 2.38. The number of alkyl halides is 6. The van der Waals surface area contributed by atoms with Gasteiger partial charge in [0.2, 0.25) is 11.8 Å². The van der Waals surface area contributed by atoms with Gasteiger partial charge in [0, 0.05) is 25.7 Å². The number of amides is 2. The predicted molar refractivity (Wildman–Crippen MR) is 70.8 cm³/mol. The molecule has 1 aromatic carbocycles. The summed E-state index contributed by atoms with van der Waals surface area (Å²) >= 11 is 0. The first-order chi connectivity index (χ1) is 10.9. The first-order valence-corrected chi connectivity index (χ1v) is 6.72. The summed E-state index contributed by atoms with van der Waals surface area (Å²) in [4.78, 5) is 24.6. The summed E-state index contributed by atoms with van der Waals surface area (Å²) in [5.74, 6) is -1.96. The first-order valence-electron chi connectivity index (χ1n) is 6.72. The molecule has 0 aromatic heterocycles. The van der Waals surface area contributed by atoms with Gasteiger partial charge in [-0.1, -0.05) is 0 Å². The van der Waals surface area contributed by atoms with Gasteiger partial charge in [-0.2, -0.15) is 26.3 Å². The fourth-order valence-electron chi connectivity index (χ4n) is 2.31. The molecule has 1 heterocycles. The zero-order valence-corrected chi connectivity index (χ0v) is 12.3. The molecule has 4 nitrogen and oxygen atoms in total. The topological polar surface area (TPSA) is 49.4 Å². The number of hydrogen-bond donors (Lipinski definition) is 1. The van der Waals surface area contributed by atoms with Crippen molar-refractivity contribution < 1.29 is 35.9 Å². The van der Waals surface area contributed by atoms with Crippen LogP contribution in [0.5, 0.6) is 0 Å². The zero-order chi connectivity index (χ0) is 18.3. The van der Waals surface area contributed by atoms with E-state index in [2.05, 4.69) is 0 Å². The van der Waals surface area contributed by atoms with E-state index in [4.69, 9.17) is 0 Å². The highest BCUT2D eigenvalue weighted by Crippen LogP contribution is 2.37. The molecule has 1 unspecified atom stereocenters. The van der Waals surface area contributed by atoms with Gasteiger partial charge in [-0.05, 0) is 18.2 Å². The molecule has 1 fully saturated rings. The molecule has 1 saturated heterocycles. The van der Waals surface area contributed by atoms with Crippen LogP contribution in [-0.4, -0.2) is 30.3 Å². The van der Waals surface area contributed by atoms with Crippen LogP contribution in [0.1, 0.15) is 17.5 Å². The molecule has 1 aromatic rings. The summed E-state index contributed by atoms with van der Waals surface area (Å²) in [5, 5.41) is 2.03. The number of nitrogens with zero attached hydrogens (tertiary/aromatic N) is 1. The molecule has 10 heteroatoms.